The summed E-state index contributed by atoms with van der Waals surface area (Å²) in [5, 5.41) is 8.76. The first-order valence-corrected chi connectivity index (χ1v) is 4.68. The Kier molecular flexibility index (Phi) is 5.85. The van der Waals surface area contributed by atoms with E-state index in [0.717, 1.165) is 11.3 Å². The Balaban J connectivity index is 0.00000225. The van der Waals surface area contributed by atoms with Crippen molar-refractivity contribution in [2.75, 3.05) is 7.11 Å². The largest absolute Gasteiger partial charge is 0.497 e. The van der Waals surface area contributed by atoms with E-state index >= 15 is 0 Å². The van der Waals surface area contributed by atoms with Crippen molar-refractivity contribution in [1.82, 2.24) is 0 Å². The van der Waals surface area contributed by atoms with E-state index in [1.165, 1.54) is 0 Å². The first-order valence-electron chi connectivity index (χ1n) is 4.68. The third-order valence-electron chi connectivity index (χ3n) is 2.47. The van der Waals surface area contributed by atoms with Crippen LogP contribution in [0.5, 0.6) is 5.75 Å². The molecule has 3 N–H and O–H groups in total. The molecule has 1 aromatic rings. The Labute approximate surface area is 101 Å². The molecule has 0 saturated carbocycles. The van der Waals surface area contributed by atoms with Gasteiger partial charge in [-0.1, -0.05) is 19.1 Å². The quantitative estimate of drug-likeness (QED) is 0.846. The molecule has 0 aliphatic carbocycles. The minimum atomic E-state index is -0.988. The minimum absolute atomic E-state index is 0. The number of carbonyl (C=O) groups is 1. The molecule has 1 rings (SSSR count). The molecule has 90 valence electrons. The number of hydrogen-bond donors (Lipinski definition) is 2. The molecule has 0 saturated heterocycles. The normalized spacial score (nSPS) is 13.4. The van der Waals surface area contributed by atoms with Crippen molar-refractivity contribution < 1.29 is 14.6 Å². The minimum Gasteiger partial charge on any atom is -0.497 e. The number of halogens is 1. The van der Waals surface area contributed by atoms with Crippen LogP contribution in [0.15, 0.2) is 24.3 Å². The molecule has 1 aromatic carbocycles. The zero-order valence-electron chi connectivity index (χ0n) is 9.21. The Morgan fingerprint density at radius 1 is 1.38 bits per heavy atom. The fraction of sp³-hybridized carbons (Fsp3) is 0.364. The highest BCUT2D eigenvalue weighted by molar-refractivity contribution is 5.85. The van der Waals surface area contributed by atoms with Crippen molar-refractivity contribution in [1.29, 1.82) is 0 Å². The standard InChI is InChI=1S/C11H15NO3.ClH/c1-7(10(12)11(13)14)8-3-5-9(15-2)6-4-8;/h3-7,10H,12H2,1-2H3,(H,13,14);1H/t7-,10-;/m1./s1. The Morgan fingerprint density at radius 2 is 1.88 bits per heavy atom. The number of rotatable bonds is 4. The molecule has 4 nitrogen and oxygen atoms in total. The average molecular weight is 246 g/mol. The average Bonchev–Trinajstić information content (AvgIpc) is 2.27. The van der Waals surface area contributed by atoms with Gasteiger partial charge in [-0.25, -0.2) is 0 Å². The van der Waals surface area contributed by atoms with E-state index in [1.807, 2.05) is 12.1 Å². The van der Waals surface area contributed by atoms with Crippen LogP contribution in [0, 0.1) is 0 Å². The summed E-state index contributed by atoms with van der Waals surface area (Å²) in [6, 6.07) is 6.36. The number of nitrogens with two attached hydrogens (primary N) is 1. The summed E-state index contributed by atoms with van der Waals surface area (Å²) in [6.07, 6.45) is 0. The fourth-order valence-corrected chi connectivity index (χ4v) is 1.33. The lowest BCUT2D eigenvalue weighted by molar-refractivity contribution is -0.139. The molecular weight excluding hydrogens is 230 g/mol. The van der Waals surface area contributed by atoms with Gasteiger partial charge in [0.1, 0.15) is 11.8 Å². The maximum atomic E-state index is 10.7. The smallest absolute Gasteiger partial charge is 0.321 e. The molecule has 0 heterocycles. The third kappa shape index (κ3) is 3.40. The van der Waals surface area contributed by atoms with Gasteiger partial charge >= 0.3 is 5.97 Å². The number of methoxy groups -OCH3 is 1. The molecular formula is C11H16ClNO3. The topological polar surface area (TPSA) is 72.5 Å². The van der Waals surface area contributed by atoms with Crippen molar-refractivity contribution in [2.24, 2.45) is 5.73 Å². The molecule has 0 amide bonds. The molecule has 0 radical (unpaired) electrons. The second-order valence-electron chi connectivity index (χ2n) is 3.43. The van der Waals surface area contributed by atoms with Gasteiger partial charge in [0.05, 0.1) is 7.11 Å². The molecule has 0 spiro atoms. The van der Waals surface area contributed by atoms with Gasteiger partial charge in [0.15, 0.2) is 0 Å². The maximum absolute atomic E-state index is 10.7. The van der Waals surface area contributed by atoms with Crippen molar-refractivity contribution in [3.05, 3.63) is 29.8 Å². The van der Waals surface area contributed by atoms with Gasteiger partial charge < -0.3 is 15.6 Å². The predicted molar refractivity (Wildman–Crippen MR) is 64.3 cm³/mol. The van der Waals surface area contributed by atoms with Crippen LogP contribution in [-0.2, 0) is 4.79 Å². The molecule has 2 atom stereocenters. The van der Waals surface area contributed by atoms with Gasteiger partial charge in [0, 0.05) is 5.92 Å². The highest BCUT2D eigenvalue weighted by Gasteiger charge is 2.21. The molecule has 0 aliphatic heterocycles. The Bertz CT molecular complexity index is 340. The summed E-state index contributed by atoms with van der Waals surface area (Å²) in [5.41, 5.74) is 6.43. The van der Waals surface area contributed by atoms with Crippen molar-refractivity contribution in [3.8, 4) is 5.75 Å². The zero-order valence-corrected chi connectivity index (χ0v) is 10.0. The second kappa shape index (κ2) is 6.35. The number of carboxylic acids is 1. The lowest BCUT2D eigenvalue weighted by Gasteiger charge is -2.16. The predicted octanol–water partition coefficient (Wildman–Crippen LogP) is 1.63. The van der Waals surface area contributed by atoms with E-state index in [0.29, 0.717) is 0 Å². The molecule has 5 heteroatoms. The van der Waals surface area contributed by atoms with Gasteiger partial charge in [-0.05, 0) is 17.7 Å². The van der Waals surface area contributed by atoms with Crippen LogP contribution in [0.3, 0.4) is 0 Å². The van der Waals surface area contributed by atoms with Gasteiger partial charge in [0.25, 0.3) is 0 Å². The van der Waals surface area contributed by atoms with E-state index in [1.54, 1.807) is 26.2 Å². The molecule has 16 heavy (non-hydrogen) atoms. The Morgan fingerprint density at radius 3 is 2.25 bits per heavy atom. The molecule has 0 bridgehead atoms. The van der Waals surface area contributed by atoms with Crippen LogP contribution >= 0.6 is 12.4 Å². The van der Waals surface area contributed by atoms with Crippen LogP contribution in [0.2, 0.25) is 0 Å². The van der Waals surface area contributed by atoms with E-state index in [-0.39, 0.29) is 18.3 Å². The number of hydrogen-bond acceptors (Lipinski definition) is 3. The first-order chi connectivity index (χ1) is 7.06. The highest BCUT2D eigenvalue weighted by Crippen LogP contribution is 2.21. The van der Waals surface area contributed by atoms with Gasteiger partial charge in [-0.3, -0.25) is 4.79 Å². The summed E-state index contributed by atoms with van der Waals surface area (Å²) < 4.78 is 5.01. The van der Waals surface area contributed by atoms with E-state index in [2.05, 4.69) is 0 Å². The van der Waals surface area contributed by atoms with E-state index in [4.69, 9.17) is 15.6 Å². The van der Waals surface area contributed by atoms with Crippen LogP contribution in [-0.4, -0.2) is 24.2 Å². The number of aliphatic carboxylic acids is 1. The number of ether oxygens (including phenoxy) is 1. The van der Waals surface area contributed by atoms with Crippen LogP contribution in [0.1, 0.15) is 18.4 Å². The first kappa shape index (κ1) is 14.7. The molecule has 0 unspecified atom stereocenters. The van der Waals surface area contributed by atoms with Crippen LogP contribution < -0.4 is 10.5 Å². The zero-order chi connectivity index (χ0) is 11.4. The molecule has 0 fully saturated rings. The van der Waals surface area contributed by atoms with E-state index in [9.17, 15) is 4.79 Å². The van der Waals surface area contributed by atoms with Gasteiger partial charge in [-0.15, -0.1) is 12.4 Å². The molecule has 0 aliphatic rings. The lowest BCUT2D eigenvalue weighted by Crippen LogP contribution is -2.35. The molecule has 0 aromatic heterocycles. The number of benzene rings is 1. The van der Waals surface area contributed by atoms with Gasteiger partial charge in [-0.2, -0.15) is 0 Å². The summed E-state index contributed by atoms with van der Waals surface area (Å²) in [4.78, 5) is 10.7. The van der Waals surface area contributed by atoms with Crippen molar-refractivity contribution in [2.45, 2.75) is 18.9 Å². The number of carboxylic acid groups (broad SMARTS) is 1. The van der Waals surface area contributed by atoms with Crippen LogP contribution in [0.25, 0.3) is 0 Å². The summed E-state index contributed by atoms with van der Waals surface area (Å²) >= 11 is 0. The monoisotopic (exact) mass is 245 g/mol. The lowest BCUT2D eigenvalue weighted by atomic mass is 9.94. The highest BCUT2D eigenvalue weighted by atomic mass is 35.5. The van der Waals surface area contributed by atoms with Crippen LogP contribution in [0.4, 0.5) is 0 Å². The second-order valence-corrected chi connectivity index (χ2v) is 3.43. The van der Waals surface area contributed by atoms with Gasteiger partial charge in [0.2, 0.25) is 0 Å². The van der Waals surface area contributed by atoms with Crippen molar-refractivity contribution >= 4 is 18.4 Å². The fourth-order valence-electron chi connectivity index (χ4n) is 1.33. The summed E-state index contributed by atoms with van der Waals surface area (Å²) in [7, 11) is 1.58. The summed E-state index contributed by atoms with van der Waals surface area (Å²) in [5.74, 6) is -0.457. The summed E-state index contributed by atoms with van der Waals surface area (Å²) in [6.45, 7) is 1.79. The Hall–Kier alpha value is -1.26. The third-order valence-corrected chi connectivity index (χ3v) is 2.47. The SMILES string of the molecule is COc1ccc([C@@H](C)[C@@H](N)C(=O)O)cc1.Cl. The van der Waals surface area contributed by atoms with Crippen molar-refractivity contribution in [3.63, 3.8) is 0 Å². The van der Waals surface area contributed by atoms with E-state index < -0.39 is 12.0 Å². The maximum Gasteiger partial charge on any atom is 0.321 e.